The van der Waals surface area contributed by atoms with Crippen LogP contribution in [0.1, 0.15) is 13.8 Å². The van der Waals surface area contributed by atoms with Gasteiger partial charge in [-0.2, -0.15) is 0 Å². The molecular formula is C9H19NO5S. The number of nitrogens with one attached hydrogen (secondary N) is 1. The fourth-order valence-corrected chi connectivity index (χ4v) is 1.25. The maximum atomic E-state index is 11.6. The highest BCUT2D eigenvalue weighted by Crippen LogP contribution is 2.14. The van der Waals surface area contributed by atoms with Crippen LogP contribution in [0.15, 0.2) is 0 Å². The molecule has 0 rings (SSSR count). The van der Waals surface area contributed by atoms with Gasteiger partial charge < -0.3 is 15.2 Å². The molecule has 0 spiro atoms. The summed E-state index contributed by atoms with van der Waals surface area (Å²) in [6.45, 7) is 2.69. The van der Waals surface area contributed by atoms with Crippen molar-refractivity contribution in [1.29, 1.82) is 0 Å². The number of carbonyl (C=O) groups excluding carboxylic acids is 1. The molecule has 0 radical (unpaired) electrons. The van der Waals surface area contributed by atoms with Crippen LogP contribution in [0.3, 0.4) is 0 Å². The van der Waals surface area contributed by atoms with Crippen LogP contribution >= 0.6 is 0 Å². The Kier molecular flexibility index (Phi) is 5.37. The number of rotatable bonds is 6. The predicted molar refractivity (Wildman–Crippen MR) is 59.8 cm³/mol. The van der Waals surface area contributed by atoms with Crippen LogP contribution in [-0.4, -0.2) is 56.8 Å². The van der Waals surface area contributed by atoms with Crippen LogP contribution in [0.5, 0.6) is 0 Å². The van der Waals surface area contributed by atoms with Crippen molar-refractivity contribution in [3.63, 3.8) is 0 Å². The third kappa shape index (κ3) is 4.07. The van der Waals surface area contributed by atoms with E-state index in [9.17, 15) is 18.3 Å². The first-order valence-corrected chi connectivity index (χ1v) is 6.67. The minimum atomic E-state index is -3.49. The zero-order valence-corrected chi connectivity index (χ0v) is 10.8. The number of methoxy groups -OCH3 is 1. The van der Waals surface area contributed by atoms with E-state index in [0.29, 0.717) is 0 Å². The highest BCUT2D eigenvalue weighted by Gasteiger charge is 2.38. The van der Waals surface area contributed by atoms with E-state index in [1.165, 1.54) is 21.0 Å². The Labute approximate surface area is 95.9 Å². The fourth-order valence-electron chi connectivity index (χ4n) is 0.843. The van der Waals surface area contributed by atoms with Gasteiger partial charge in [0.1, 0.15) is 4.75 Å². The van der Waals surface area contributed by atoms with E-state index in [4.69, 9.17) is 0 Å². The maximum Gasteiger partial charge on any atom is 0.240 e. The standard InChI is InChI=1S/C9H19NO5S/c1-9(2,16(4,13)14)8(12)10-5-7(11)6-15-3/h7,11H,5-6H2,1-4H3,(H,10,12). The van der Waals surface area contributed by atoms with Crippen molar-refractivity contribution in [2.75, 3.05) is 26.5 Å². The number of amides is 1. The third-order valence-electron chi connectivity index (χ3n) is 2.33. The summed E-state index contributed by atoms with van der Waals surface area (Å²) < 4.78 is 25.8. The molecule has 1 atom stereocenters. The molecule has 0 saturated heterocycles. The van der Waals surface area contributed by atoms with Gasteiger partial charge in [0.25, 0.3) is 0 Å². The van der Waals surface area contributed by atoms with E-state index in [2.05, 4.69) is 10.1 Å². The summed E-state index contributed by atoms with van der Waals surface area (Å²) in [5, 5.41) is 11.6. The molecule has 0 aliphatic carbocycles. The number of carbonyl (C=O) groups is 1. The van der Waals surface area contributed by atoms with E-state index < -0.39 is 26.6 Å². The van der Waals surface area contributed by atoms with Crippen molar-refractivity contribution >= 4 is 15.7 Å². The molecule has 0 bridgehead atoms. The Hall–Kier alpha value is -0.660. The Morgan fingerprint density at radius 3 is 2.38 bits per heavy atom. The van der Waals surface area contributed by atoms with Crippen molar-refractivity contribution in [2.45, 2.75) is 24.7 Å². The lowest BCUT2D eigenvalue weighted by atomic mass is 10.2. The van der Waals surface area contributed by atoms with E-state index in [1.807, 2.05) is 0 Å². The first-order valence-electron chi connectivity index (χ1n) is 4.78. The van der Waals surface area contributed by atoms with Crippen molar-refractivity contribution in [1.82, 2.24) is 5.32 Å². The molecule has 96 valence electrons. The van der Waals surface area contributed by atoms with Crippen LogP contribution in [0, 0.1) is 0 Å². The van der Waals surface area contributed by atoms with Crippen molar-refractivity contribution in [3.05, 3.63) is 0 Å². The largest absolute Gasteiger partial charge is 0.389 e. The number of sulfone groups is 1. The van der Waals surface area contributed by atoms with Gasteiger partial charge in [-0.25, -0.2) is 8.42 Å². The summed E-state index contributed by atoms with van der Waals surface area (Å²) in [5.74, 6) is -0.634. The molecule has 0 aromatic heterocycles. The average molecular weight is 253 g/mol. The molecule has 6 nitrogen and oxygen atoms in total. The molecule has 1 amide bonds. The number of aliphatic hydroxyl groups is 1. The molecule has 7 heteroatoms. The highest BCUT2D eigenvalue weighted by molar-refractivity contribution is 7.92. The normalized spacial score (nSPS) is 14.6. The summed E-state index contributed by atoms with van der Waals surface area (Å²) in [5.41, 5.74) is 0. The summed E-state index contributed by atoms with van der Waals surface area (Å²) in [4.78, 5) is 11.6. The first-order chi connectivity index (χ1) is 7.13. The van der Waals surface area contributed by atoms with Gasteiger partial charge >= 0.3 is 0 Å². The highest BCUT2D eigenvalue weighted by atomic mass is 32.2. The average Bonchev–Trinajstić information content (AvgIpc) is 2.12. The van der Waals surface area contributed by atoms with Crippen LogP contribution in [0.2, 0.25) is 0 Å². The Balaban J connectivity index is 4.38. The van der Waals surface area contributed by atoms with Gasteiger partial charge in [-0.15, -0.1) is 0 Å². The first kappa shape index (κ1) is 15.3. The molecule has 1 unspecified atom stereocenters. The monoisotopic (exact) mass is 253 g/mol. The third-order valence-corrected chi connectivity index (χ3v) is 4.37. The zero-order chi connectivity index (χ0) is 13.0. The topological polar surface area (TPSA) is 92.7 Å². The van der Waals surface area contributed by atoms with Crippen LogP contribution in [0.4, 0.5) is 0 Å². The summed E-state index contributed by atoms with van der Waals surface area (Å²) in [7, 11) is -2.06. The maximum absolute atomic E-state index is 11.6. The molecule has 0 aromatic rings. The smallest absolute Gasteiger partial charge is 0.240 e. The van der Waals surface area contributed by atoms with E-state index in [-0.39, 0.29) is 13.2 Å². The number of hydrogen-bond donors (Lipinski definition) is 2. The SMILES string of the molecule is COCC(O)CNC(=O)C(C)(C)S(C)(=O)=O. The second-order valence-corrected chi connectivity index (χ2v) is 6.67. The van der Waals surface area contributed by atoms with Crippen LogP contribution in [0.25, 0.3) is 0 Å². The molecule has 16 heavy (non-hydrogen) atoms. The lowest BCUT2D eigenvalue weighted by Gasteiger charge is -2.22. The summed E-state index contributed by atoms with van der Waals surface area (Å²) in [6, 6.07) is 0. The second-order valence-electron chi connectivity index (χ2n) is 4.10. The molecule has 0 aliphatic rings. The molecule has 2 N–H and O–H groups in total. The summed E-state index contributed by atoms with van der Waals surface area (Å²) >= 11 is 0. The zero-order valence-electron chi connectivity index (χ0n) is 9.98. The Morgan fingerprint density at radius 2 is 2.00 bits per heavy atom. The van der Waals surface area contributed by atoms with Crippen LogP contribution in [-0.2, 0) is 19.4 Å². The Bertz CT molecular complexity index is 336. The second kappa shape index (κ2) is 5.60. The molecular weight excluding hydrogens is 234 g/mol. The predicted octanol–water partition coefficient (Wildman–Crippen LogP) is -1.07. The minimum absolute atomic E-state index is 0.0361. The van der Waals surface area contributed by atoms with E-state index in [0.717, 1.165) is 6.26 Å². The van der Waals surface area contributed by atoms with Crippen molar-refractivity contribution in [2.24, 2.45) is 0 Å². The molecule has 0 heterocycles. The lowest BCUT2D eigenvalue weighted by molar-refractivity contribution is -0.123. The van der Waals surface area contributed by atoms with Gasteiger partial charge in [-0.3, -0.25) is 4.79 Å². The molecule has 0 aliphatic heterocycles. The van der Waals surface area contributed by atoms with Crippen LogP contribution < -0.4 is 5.32 Å². The summed E-state index contributed by atoms with van der Waals surface area (Å²) in [6.07, 6.45) is 0.155. The quantitative estimate of drug-likeness (QED) is 0.629. The van der Waals surface area contributed by atoms with E-state index >= 15 is 0 Å². The van der Waals surface area contributed by atoms with E-state index in [1.54, 1.807) is 0 Å². The lowest BCUT2D eigenvalue weighted by Crippen LogP contribution is -2.49. The van der Waals surface area contributed by atoms with Gasteiger partial charge in [0.2, 0.25) is 5.91 Å². The molecule has 0 saturated carbocycles. The molecule has 0 aromatic carbocycles. The van der Waals surface area contributed by atoms with Gasteiger partial charge in [0.05, 0.1) is 12.7 Å². The van der Waals surface area contributed by atoms with Crippen molar-refractivity contribution < 1.29 is 23.1 Å². The fraction of sp³-hybridized carbons (Fsp3) is 0.889. The van der Waals surface area contributed by atoms with Crippen molar-refractivity contribution in [3.8, 4) is 0 Å². The number of aliphatic hydroxyl groups excluding tert-OH is 1. The molecule has 0 fully saturated rings. The van der Waals surface area contributed by atoms with Gasteiger partial charge in [0.15, 0.2) is 9.84 Å². The Morgan fingerprint density at radius 1 is 1.50 bits per heavy atom. The minimum Gasteiger partial charge on any atom is -0.389 e. The number of ether oxygens (including phenoxy) is 1. The van der Waals surface area contributed by atoms with Gasteiger partial charge in [-0.05, 0) is 13.8 Å². The number of hydrogen-bond acceptors (Lipinski definition) is 5. The van der Waals surface area contributed by atoms with Gasteiger partial charge in [0, 0.05) is 19.9 Å². The van der Waals surface area contributed by atoms with Gasteiger partial charge in [-0.1, -0.05) is 0 Å².